The Balaban J connectivity index is 0.000000319. The van der Waals surface area contributed by atoms with Crippen LogP contribution in [-0.4, -0.2) is 79.6 Å². The number of carbonyl (C=O) groups is 5. The third-order valence-electron chi connectivity index (χ3n) is 6.75. The van der Waals surface area contributed by atoms with E-state index in [0.29, 0.717) is 11.3 Å². The number of nitrogens with one attached hydrogen (secondary N) is 3. The number of hydrogen-bond donors (Lipinski definition) is 4. The Morgan fingerprint density at radius 3 is 2.34 bits per heavy atom. The van der Waals surface area contributed by atoms with E-state index in [1.165, 1.54) is 0 Å². The quantitative estimate of drug-likeness (QED) is 0.198. The van der Waals surface area contributed by atoms with Crippen LogP contribution in [-0.2, 0) is 33.4 Å². The summed E-state index contributed by atoms with van der Waals surface area (Å²) in [5.41, 5.74) is 0.840. The van der Waals surface area contributed by atoms with Crippen molar-refractivity contribution in [2.24, 2.45) is 5.92 Å². The molecule has 1 aliphatic carbocycles. The molecule has 1 saturated carbocycles. The van der Waals surface area contributed by atoms with E-state index in [1.54, 1.807) is 24.3 Å². The monoisotopic (exact) mass is 631 g/mol. The van der Waals surface area contributed by atoms with Gasteiger partial charge in [0.2, 0.25) is 12.2 Å². The van der Waals surface area contributed by atoms with Crippen LogP contribution in [0.1, 0.15) is 75.1 Å². The Bertz CT molecular complexity index is 1110. The topological polar surface area (TPSA) is 169 Å². The Morgan fingerprint density at radius 1 is 1.02 bits per heavy atom. The largest absolute Gasteiger partial charge is 0.491 e. The van der Waals surface area contributed by atoms with Crippen LogP contribution in [0.3, 0.4) is 0 Å². The number of amides is 2. The van der Waals surface area contributed by atoms with E-state index in [0.717, 1.165) is 65.0 Å². The smallest absolute Gasteiger partial charge is 0.481 e. The zero-order chi connectivity index (χ0) is 32.5. The van der Waals surface area contributed by atoms with Gasteiger partial charge >= 0.3 is 24.1 Å². The minimum absolute atomic E-state index is 0.0281. The highest BCUT2D eigenvalue weighted by Gasteiger charge is 2.42. The molecule has 44 heavy (non-hydrogen) atoms. The molecule has 1 heterocycles. The molecule has 0 radical (unpaired) electrons. The van der Waals surface area contributed by atoms with Gasteiger partial charge < -0.3 is 35.3 Å². The van der Waals surface area contributed by atoms with Crippen LogP contribution in [0.15, 0.2) is 24.3 Å². The van der Waals surface area contributed by atoms with Gasteiger partial charge in [0.05, 0.1) is 12.5 Å². The standard InChI is InChI=1S/C17H23N3O5.C12H17F3O4/c21-15(11-25-14-4-7-18-8-5-14)20-13-3-1-2-12(10-13)17(24)19-9-6-16(22)23;1-8(19-11(17)12(13,14)15)18-10(16)7-9-5-3-2-4-6-9/h1-3,10,14,18H,4-9,11H2,(H,19,24)(H,20,21)(H,22,23);8-9H,2-7H2,1H3. The number of alkyl halides is 3. The summed E-state index contributed by atoms with van der Waals surface area (Å²) < 4.78 is 49.9. The first-order chi connectivity index (χ1) is 20.8. The summed E-state index contributed by atoms with van der Waals surface area (Å²) in [6, 6.07) is 6.46. The van der Waals surface area contributed by atoms with E-state index >= 15 is 0 Å². The van der Waals surface area contributed by atoms with Gasteiger partial charge in [-0.1, -0.05) is 25.3 Å². The number of hydrogen-bond acceptors (Lipinski definition) is 9. The molecule has 4 N–H and O–H groups in total. The second-order valence-electron chi connectivity index (χ2n) is 10.5. The first-order valence-corrected chi connectivity index (χ1v) is 14.5. The number of rotatable bonds is 12. The fourth-order valence-corrected chi connectivity index (χ4v) is 4.58. The summed E-state index contributed by atoms with van der Waals surface area (Å²) in [6.07, 6.45) is 0.381. The summed E-state index contributed by atoms with van der Waals surface area (Å²) in [6.45, 7) is 2.90. The zero-order valence-electron chi connectivity index (χ0n) is 24.6. The fraction of sp³-hybridized carbons (Fsp3) is 0.621. The first kappa shape index (κ1) is 36.5. The Hall–Kier alpha value is -3.72. The van der Waals surface area contributed by atoms with Gasteiger partial charge in [0.1, 0.15) is 6.61 Å². The number of aliphatic carboxylic acids is 1. The Morgan fingerprint density at radius 2 is 1.70 bits per heavy atom. The highest BCUT2D eigenvalue weighted by molar-refractivity contribution is 5.97. The number of halogens is 3. The molecule has 1 saturated heterocycles. The van der Waals surface area contributed by atoms with Crippen molar-refractivity contribution in [2.75, 3.05) is 31.6 Å². The summed E-state index contributed by atoms with van der Waals surface area (Å²) in [7, 11) is 0. The number of anilines is 1. The normalized spacial score (nSPS) is 16.5. The lowest BCUT2D eigenvalue weighted by atomic mass is 9.87. The minimum Gasteiger partial charge on any atom is -0.481 e. The van der Waals surface area contributed by atoms with E-state index in [2.05, 4.69) is 25.4 Å². The van der Waals surface area contributed by atoms with Crippen molar-refractivity contribution in [1.29, 1.82) is 0 Å². The highest BCUT2D eigenvalue weighted by atomic mass is 19.4. The number of carbonyl (C=O) groups excluding carboxylic acids is 4. The number of ether oxygens (including phenoxy) is 3. The SMILES string of the molecule is CC(OC(=O)CC1CCCCC1)OC(=O)C(F)(F)F.O=C(O)CCNC(=O)c1cccc(NC(=O)COC2CCNCC2)c1. The second-order valence-corrected chi connectivity index (χ2v) is 10.5. The number of esters is 2. The number of piperidine rings is 1. The fourth-order valence-electron chi connectivity index (χ4n) is 4.58. The lowest BCUT2D eigenvalue weighted by molar-refractivity contribution is -0.223. The Kier molecular flexibility index (Phi) is 15.6. The van der Waals surface area contributed by atoms with E-state index in [-0.39, 0.29) is 49.8 Å². The molecule has 0 bridgehead atoms. The lowest BCUT2D eigenvalue weighted by Gasteiger charge is -2.22. The maximum absolute atomic E-state index is 12.0. The van der Waals surface area contributed by atoms with Crippen molar-refractivity contribution in [1.82, 2.24) is 10.6 Å². The molecule has 0 aromatic heterocycles. The first-order valence-electron chi connectivity index (χ1n) is 14.5. The van der Waals surface area contributed by atoms with Crippen molar-refractivity contribution in [3.8, 4) is 0 Å². The highest BCUT2D eigenvalue weighted by Crippen LogP contribution is 2.27. The maximum atomic E-state index is 12.0. The molecule has 2 aliphatic rings. The number of carboxylic acid groups (broad SMARTS) is 1. The number of benzene rings is 1. The zero-order valence-corrected chi connectivity index (χ0v) is 24.6. The number of carboxylic acids is 1. The summed E-state index contributed by atoms with van der Waals surface area (Å²) in [5, 5.41) is 17.0. The summed E-state index contributed by atoms with van der Waals surface area (Å²) >= 11 is 0. The molecular formula is C29H40F3N3O9. The molecule has 1 aromatic rings. The van der Waals surface area contributed by atoms with Crippen molar-refractivity contribution in [3.05, 3.63) is 29.8 Å². The molecule has 2 amide bonds. The molecule has 0 spiro atoms. The van der Waals surface area contributed by atoms with Gasteiger partial charge in [-0.15, -0.1) is 0 Å². The predicted molar refractivity (Wildman–Crippen MR) is 150 cm³/mol. The molecule has 1 unspecified atom stereocenters. The third-order valence-corrected chi connectivity index (χ3v) is 6.75. The predicted octanol–water partition coefficient (Wildman–Crippen LogP) is 3.55. The van der Waals surface area contributed by atoms with Gasteiger partial charge in [-0.2, -0.15) is 13.2 Å². The van der Waals surface area contributed by atoms with E-state index in [4.69, 9.17) is 9.84 Å². The van der Waals surface area contributed by atoms with Gasteiger partial charge in [-0.3, -0.25) is 19.2 Å². The van der Waals surface area contributed by atoms with Gasteiger partial charge in [-0.25, -0.2) is 4.79 Å². The molecule has 2 fully saturated rings. The average molecular weight is 632 g/mol. The molecule has 1 atom stereocenters. The summed E-state index contributed by atoms with van der Waals surface area (Å²) in [4.78, 5) is 56.3. The van der Waals surface area contributed by atoms with Crippen molar-refractivity contribution < 1.29 is 56.5 Å². The average Bonchev–Trinajstić information content (AvgIpc) is 2.97. The molecule has 12 nitrogen and oxygen atoms in total. The third kappa shape index (κ3) is 15.1. The van der Waals surface area contributed by atoms with Gasteiger partial charge in [0.25, 0.3) is 5.91 Å². The molecular weight excluding hydrogens is 591 g/mol. The van der Waals surface area contributed by atoms with Crippen molar-refractivity contribution in [2.45, 2.75) is 83.3 Å². The summed E-state index contributed by atoms with van der Waals surface area (Å²) in [5.74, 6) is -4.41. The van der Waals surface area contributed by atoms with Crippen LogP contribution in [0.2, 0.25) is 0 Å². The van der Waals surface area contributed by atoms with Crippen molar-refractivity contribution in [3.63, 3.8) is 0 Å². The van der Waals surface area contributed by atoms with Gasteiger partial charge in [-0.05, 0) is 62.9 Å². The van der Waals surface area contributed by atoms with Crippen LogP contribution in [0.5, 0.6) is 0 Å². The molecule has 246 valence electrons. The van der Waals surface area contributed by atoms with Gasteiger partial charge in [0.15, 0.2) is 0 Å². The van der Waals surface area contributed by atoms with Crippen molar-refractivity contribution >= 4 is 35.4 Å². The molecule has 1 aliphatic heterocycles. The lowest BCUT2D eigenvalue weighted by Crippen LogP contribution is -2.34. The van der Waals surface area contributed by atoms with Crippen LogP contribution >= 0.6 is 0 Å². The maximum Gasteiger partial charge on any atom is 0.491 e. The second kappa shape index (κ2) is 18.8. The minimum atomic E-state index is -5.08. The van der Waals surface area contributed by atoms with Crippen LogP contribution in [0, 0.1) is 5.92 Å². The van der Waals surface area contributed by atoms with Crippen LogP contribution in [0.4, 0.5) is 18.9 Å². The van der Waals surface area contributed by atoms with E-state index < -0.39 is 30.4 Å². The van der Waals surface area contributed by atoms with E-state index in [9.17, 15) is 37.1 Å². The molecule has 15 heteroatoms. The molecule has 3 rings (SSSR count). The Labute approximate surface area is 253 Å². The van der Waals surface area contributed by atoms with Crippen LogP contribution in [0.25, 0.3) is 0 Å². The molecule has 1 aromatic carbocycles. The van der Waals surface area contributed by atoms with Gasteiger partial charge in [0, 0.05) is 31.1 Å². The van der Waals surface area contributed by atoms with E-state index in [1.807, 2.05) is 0 Å². The van der Waals surface area contributed by atoms with Crippen LogP contribution < -0.4 is 16.0 Å².